The van der Waals surface area contributed by atoms with Crippen molar-refractivity contribution in [1.29, 1.82) is 0 Å². The van der Waals surface area contributed by atoms with Crippen LogP contribution < -0.4 is 0 Å². The molecule has 0 aliphatic carbocycles. The Morgan fingerprint density at radius 1 is 1.12 bits per heavy atom. The molecule has 0 N–H and O–H groups in total. The van der Waals surface area contributed by atoms with E-state index in [9.17, 15) is 9.18 Å². The van der Waals surface area contributed by atoms with Crippen molar-refractivity contribution in [2.24, 2.45) is 0 Å². The molecule has 5 nitrogen and oxygen atoms in total. The quantitative estimate of drug-likeness (QED) is 0.589. The van der Waals surface area contributed by atoms with Gasteiger partial charge in [-0.05, 0) is 43.3 Å². The second-order valence-electron chi connectivity index (χ2n) is 5.10. The van der Waals surface area contributed by atoms with Crippen molar-refractivity contribution < 1.29 is 18.3 Å². The number of halogens is 3. The van der Waals surface area contributed by atoms with Gasteiger partial charge in [-0.3, -0.25) is 0 Å². The van der Waals surface area contributed by atoms with Crippen molar-refractivity contribution in [2.75, 3.05) is 0 Å². The lowest BCUT2D eigenvalue weighted by molar-refractivity contribution is 0.0280. The molecule has 0 bridgehead atoms. The zero-order valence-corrected chi connectivity index (χ0v) is 14.4. The van der Waals surface area contributed by atoms with Gasteiger partial charge in [0.25, 0.3) is 5.89 Å². The van der Waals surface area contributed by atoms with Crippen molar-refractivity contribution >= 4 is 29.2 Å². The molecule has 128 valence electrons. The number of ether oxygens (including phenoxy) is 1. The lowest BCUT2D eigenvalue weighted by Gasteiger charge is -2.11. The van der Waals surface area contributed by atoms with Crippen molar-refractivity contribution in [3.05, 3.63) is 69.8 Å². The highest BCUT2D eigenvalue weighted by molar-refractivity contribution is 6.39. The molecule has 0 aliphatic heterocycles. The summed E-state index contributed by atoms with van der Waals surface area (Å²) in [5.41, 5.74) is 0.615. The van der Waals surface area contributed by atoms with E-state index < -0.39 is 12.1 Å². The standard InChI is InChI=1S/C17H11Cl2FN2O3/c1-9(24-17(23)14-12(18)3-2-4-13(14)19)15-21-22-16(25-15)10-5-7-11(20)8-6-10/h2-9H,1H3/t9-/m0/s1. The predicted molar refractivity (Wildman–Crippen MR) is 90.0 cm³/mol. The zero-order valence-electron chi connectivity index (χ0n) is 12.9. The van der Waals surface area contributed by atoms with E-state index >= 15 is 0 Å². The molecular formula is C17H11Cl2FN2O3. The van der Waals surface area contributed by atoms with Crippen molar-refractivity contribution in [1.82, 2.24) is 10.2 Å². The van der Waals surface area contributed by atoms with Crippen LogP contribution in [0.5, 0.6) is 0 Å². The second-order valence-corrected chi connectivity index (χ2v) is 5.91. The second kappa shape index (κ2) is 7.21. The molecule has 0 radical (unpaired) electrons. The molecule has 8 heteroatoms. The molecular weight excluding hydrogens is 370 g/mol. The summed E-state index contributed by atoms with van der Waals surface area (Å²) in [6.07, 6.45) is -0.818. The van der Waals surface area contributed by atoms with Gasteiger partial charge < -0.3 is 9.15 Å². The van der Waals surface area contributed by atoms with E-state index in [0.29, 0.717) is 5.56 Å². The van der Waals surface area contributed by atoms with Crippen LogP contribution in [0.1, 0.15) is 29.3 Å². The van der Waals surface area contributed by atoms with Gasteiger partial charge >= 0.3 is 5.97 Å². The topological polar surface area (TPSA) is 65.2 Å². The molecule has 3 aromatic rings. The Labute approximate surface area is 152 Å². The molecule has 1 aromatic heterocycles. The highest BCUT2D eigenvalue weighted by atomic mass is 35.5. The van der Waals surface area contributed by atoms with Crippen LogP contribution in [0.2, 0.25) is 10.0 Å². The van der Waals surface area contributed by atoms with Crippen LogP contribution in [0.4, 0.5) is 4.39 Å². The van der Waals surface area contributed by atoms with E-state index in [1.165, 1.54) is 36.4 Å². The monoisotopic (exact) mass is 380 g/mol. The number of benzene rings is 2. The third kappa shape index (κ3) is 3.81. The number of aromatic nitrogens is 2. The van der Waals surface area contributed by atoms with Gasteiger partial charge in [0.2, 0.25) is 5.89 Å². The molecule has 0 saturated heterocycles. The SMILES string of the molecule is C[C@H](OC(=O)c1c(Cl)cccc1Cl)c1nnc(-c2ccc(F)cc2)o1. The van der Waals surface area contributed by atoms with Gasteiger partial charge in [0.15, 0.2) is 6.10 Å². The predicted octanol–water partition coefficient (Wildman–Crippen LogP) is 5.10. The Balaban J connectivity index is 1.77. The maximum atomic E-state index is 13.0. The molecule has 0 saturated carbocycles. The average Bonchev–Trinajstić information content (AvgIpc) is 3.05. The summed E-state index contributed by atoms with van der Waals surface area (Å²) in [4.78, 5) is 12.3. The third-order valence-corrected chi connectivity index (χ3v) is 3.96. The van der Waals surface area contributed by atoms with Crippen molar-refractivity contribution in [3.8, 4) is 11.5 Å². The zero-order chi connectivity index (χ0) is 18.0. The smallest absolute Gasteiger partial charge is 0.341 e. The van der Waals surface area contributed by atoms with Crippen LogP contribution >= 0.6 is 23.2 Å². The largest absolute Gasteiger partial charge is 0.449 e. The minimum absolute atomic E-state index is 0.0657. The molecule has 25 heavy (non-hydrogen) atoms. The molecule has 1 heterocycles. The first kappa shape index (κ1) is 17.4. The van der Waals surface area contributed by atoms with Gasteiger partial charge in [-0.15, -0.1) is 10.2 Å². The Kier molecular flexibility index (Phi) is 5.01. The van der Waals surface area contributed by atoms with Crippen LogP contribution in [0, 0.1) is 5.82 Å². The van der Waals surface area contributed by atoms with Gasteiger partial charge in [0.05, 0.1) is 15.6 Å². The first-order valence-electron chi connectivity index (χ1n) is 7.20. The summed E-state index contributed by atoms with van der Waals surface area (Å²) in [6, 6.07) is 10.3. The Morgan fingerprint density at radius 3 is 2.40 bits per heavy atom. The molecule has 3 rings (SSSR count). The fraction of sp³-hybridized carbons (Fsp3) is 0.118. The van der Waals surface area contributed by atoms with Crippen LogP contribution in [-0.2, 0) is 4.74 Å². The number of carbonyl (C=O) groups excluding carboxylic acids is 1. The first-order valence-corrected chi connectivity index (χ1v) is 7.95. The minimum Gasteiger partial charge on any atom is -0.449 e. The normalized spacial score (nSPS) is 12.0. The fourth-order valence-corrected chi connectivity index (χ4v) is 2.62. The summed E-state index contributed by atoms with van der Waals surface area (Å²) in [7, 11) is 0. The Hall–Kier alpha value is -2.44. The van der Waals surface area contributed by atoms with Crippen LogP contribution in [0.3, 0.4) is 0 Å². The van der Waals surface area contributed by atoms with Crippen LogP contribution in [0.25, 0.3) is 11.5 Å². The molecule has 1 atom stereocenters. The van der Waals surface area contributed by atoms with E-state index in [0.717, 1.165) is 0 Å². The summed E-state index contributed by atoms with van der Waals surface area (Å²) >= 11 is 12.0. The fourth-order valence-electron chi connectivity index (χ4n) is 2.07. The van der Waals surface area contributed by atoms with Crippen molar-refractivity contribution in [3.63, 3.8) is 0 Å². The van der Waals surface area contributed by atoms with E-state index in [4.69, 9.17) is 32.4 Å². The number of esters is 1. The van der Waals surface area contributed by atoms with Gasteiger partial charge in [-0.2, -0.15) is 0 Å². The summed E-state index contributed by atoms with van der Waals surface area (Å²) in [5, 5.41) is 8.09. The lowest BCUT2D eigenvalue weighted by atomic mass is 10.2. The highest BCUT2D eigenvalue weighted by Crippen LogP contribution is 2.28. The number of rotatable bonds is 4. The highest BCUT2D eigenvalue weighted by Gasteiger charge is 2.23. The van der Waals surface area contributed by atoms with Gasteiger partial charge in [-0.25, -0.2) is 9.18 Å². The van der Waals surface area contributed by atoms with Crippen molar-refractivity contribution in [2.45, 2.75) is 13.0 Å². The van der Waals surface area contributed by atoms with Gasteiger partial charge in [0, 0.05) is 5.56 Å². The average molecular weight is 381 g/mol. The summed E-state index contributed by atoms with van der Waals surface area (Å²) < 4.78 is 23.7. The number of nitrogens with zero attached hydrogens (tertiary/aromatic N) is 2. The van der Waals surface area contributed by atoms with Gasteiger partial charge in [-0.1, -0.05) is 29.3 Å². The molecule has 0 unspecified atom stereocenters. The maximum absolute atomic E-state index is 13.0. The third-order valence-electron chi connectivity index (χ3n) is 3.33. The lowest BCUT2D eigenvalue weighted by Crippen LogP contribution is -2.10. The molecule has 0 fully saturated rings. The van der Waals surface area contributed by atoms with E-state index in [1.54, 1.807) is 13.0 Å². The number of hydrogen-bond acceptors (Lipinski definition) is 5. The van der Waals surface area contributed by atoms with Gasteiger partial charge in [0.1, 0.15) is 5.82 Å². The Morgan fingerprint density at radius 2 is 1.76 bits per heavy atom. The van der Waals surface area contributed by atoms with Crippen LogP contribution in [-0.4, -0.2) is 16.2 Å². The molecule has 0 spiro atoms. The number of hydrogen-bond donors (Lipinski definition) is 0. The summed E-state index contributed by atoms with van der Waals surface area (Å²) in [6.45, 7) is 1.57. The first-order chi connectivity index (χ1) is 12.0. The van der Waals surface area contributed by atoms with E-state index in [2.05, 4.69) is 10.2 Å². The minimum atomic E-state index is -0.818. The molecule has 0 aliphatic rings. The maximum Gasteiger partial charge on any atom is 0.341 e. The molecule has 2 aromatic carbocycles. The Bertz CT molecular complexity index is 892. The van der Waals surface area contributed by atoms with E-state index in [1.807, 2.05) is 0 Å². The number of carbonyl (C=O) groups is 1. The van der Waals surface area contributed by atoms with Crippen LogP contribution in [0.15, 0.2) is 46.9 Å². The summed E-state index contributed by atoms with van der Waals surface area (Å²) in [5.74, 6) is -0.795. The molecule has 0 amide bonds. The van der Waals surface area contributed by atoms with E-state index in [-0.39, 0.29) is 33.2 Å².